The second-order valence-electron chi connectivity index (χ2n) is 3.82. The smallest absolute Gasteiger partial charge is 0.187 e. The fraction of sp³-hybridized carbons (Fsp3) is 0.154. The lowest BCUT2D eigenvalue weighted by molar-refractivity contribution is 0.104. The van der Waals surface area contributed by atoms with Crippen LogP contribution in [-0.4, -0.2) is 24.6 Å². The van der Waals surface area contributed by atoms with Gasteiger partial charge in [-0.15, -0.1) is 0 Å². The maximum absolute atomic E-state index is 11.7. The summed E-state index contributed by atoms with van der Waals surface area (Å²) in [6.45, 7) is 3.53. The predicted molar refractivity (Wildman–Crippen MR) is 66.5 cm³/mol. The number of para-hydroxylation sites is 1. The number of ketones is 1. The highest BCUT2D eigenvalue weighted by atomic mass is 16.1. The third-order valence-electron chi connectivity index (χ3n) is 2.57. The van der Waals surface area contributed by atoms with Crippen LogP contribution in [-0.2, 0) is 0 Å². The summed E-state index contributed by atoms with van der Waals surface area (Å²) in [5.41, 5.74) is 1.72. The fourth-order valence-electron chi connectivity index (χ4n) is 1.80. The van der Waals surface area contributed by atoms with Crippen LogP contribution in [0.5, 0.6) is 0 Å². The van der Waals surface area contributed by atoms with Crippen molar-refractivity contribution in [1.82, 2.24) is 4.68 Å². The molecule has 0 aliphatic rings. The van der Waals surface area contributed by atoms with E-state index in [4.69, 9.17) is 0 Å². The molecule has 82 valence electrons. The molecule has 2 aromatic rings. The molecule has 16 heavy (non-hydrogen) atoms. The van der Waals surface area contributed by atoms with Crippen molar-refractivity contribution in [1.29, 1.82) is 0 Å². The van der Waals surface area contributed by atoms with Crippen LogP contribution in [0.3, 0.4) is 0 Å². The standard InChI is InChI=1S/C13H14N2O/c1-4-13(16)11-9-15(14(2)3)12-8-6-5-7-10(11)12/h4-9H,1H2,2-3H3. The molecule has 0 N–H and O–H groups in total. The average Bonchev–Trinajstić information content (AvgIpc) is 2.67. The maximum atomic E-state index is 11.7. The molecule has 0 spiro atoms. The minimum Gasteiger partial charge on any atom is -0.319 e. The van der Waals surface area contributed by atoms with E-state index in [-0.39, 0.29) is 5.78 Å². The second-order valence-corrected chi connectivity index (χ2v) is 3.82. The van der Waals surface area contributed by atoms with Gasteiger partial charge in [0.05, 0.1) is 5.52 Å². The van der Waals surface area contributed by atoms with Gasteiger partial charge in [0.15, 0.2) is 5.78 Å². The lowest BCUT2D eigenvalue weighted by Gasteiger charge is -2.15. The molecule has 2 rings (SSSR count). The summed E-state index contributed by atoms with van der Waals surface area (Å²) >= 11 is 0. The molecule has 0 atom stereocenters. The number of fused-ring (bicyclic) bond motifs is 1. The first-order valence-corrected chi connectivity index (χ1v) is 5.09. The van der Waals surface area contributed by atoms with Gasteiger partial charge in [0.25, 0.3) is 0 Å². The summed E-state index contributed by atoms with van der Waals surface area (Å²) < 4.78 is 1.95. The van der Waals surface area contributed by atoms with Gasteiger partial charge < -0.3 is 5.01 Å². The van der Waals surface area contributed by atoms with Gasteiger partial charge in [0, 0.05) is 31.2 Å². The highest BCUT2D eigenvalue weighted by Crippen LogP contribution is 2.21. The van der Waals surface area contributed by atoms with Crippen LogP contribution in [0.4, 0.5) is 0 Å². The number of nitrogens with zero attached hydrogens (tertiary/aromatic N) is 2. The Bertz CT molecular complexity index is 552. The Morgan fingerprint density at radius 2 is 2.06 bits per heavy atom. The topological polar surface area (TPSA) is 25.2 Å². The molecule has 0 bridgehead atoms. The van der Waals surface area contributed by atoms with Crippen molar-refractivity contribution in [3.8, 4) is 0 Å². The van der Waals surface area contributed by atoms with Crippen LogP contribution in [0.2, 0.25) is 0 Å². The summed E-state index contributed by atoms with van der Waals surface area (Å²) in [6.07, 6.45) is 3.19. The molecule has 1 aromatic carbocycles. The molecular weight excluding hydrogens is 200 g/mol. The Labute approximate surface area is 94.6 Å². The number of aromatic nitrogens is 1. The maximum Gasteiger partial charge on any atom is 0.187 e. The zero-order chi connectivity index (χ0) is 11.7. The molecule has 3 heteroatoms. The summed E-state index contributed by atoms with van der Waals surface area (Å²) in [6, 6.07) is 7.84. The number of allylic oxidation sites excluding steroid dienone is 1. The number of hydrogen-bond acceptors (Lipinski definition) is 2. The SMILES string of the molecule is C=CC(=O)c1cn(N(C)C)c2ccccc12. The highest BCUT2D eigenvalue weighted by Gasteiger charge is 2.12. The van der Waals surface area contributed by atoms with E-state index in [1.807, 2.05) is 54.2 Å². The van der Waals surface area contributed by atoms with Crippen LogP contribution < -0.4 is 5.01 Å². The molecular formula is C13H14N2O. The van der Waals surface area contributed by atoms with Crippen LogP contribution in [0.1, 0.15) is 10.4 Å². The summed E-state index contributed by atoms with van der Waals surface area (Å²) in [5, 5.41) is 2.89. The number of carbonyl (C=O) groups is 1. The van der Waals surface area contributed by atoms with E-state index < -0.39 is 0 Å². The third-order valence-corrected chi connectivity index (χ3v) is 2.57. The minimum absolute atomic E-state index is 0.0446. The normalized spacial score (nSPS) is 10.4. The van der Waals surface area contributed by atoms with Crippen LogP contribution >= 0.6 is 0 Å². The Hall–Kier alpha value is -2.03. The Kier molecular flexibility index (Phi) is 2.52. The minimum atomic E-state index is -0.0446. The largest absolute Gasteiger partial charge is 0.319 e. The van der Waals surface area contributed by atoms with Crippen molar-refractivity contribution in [3.05, 3.63) is 48.7 Å². The molecule has 1 heterocycles. The molecule has 0 aliphatic heterocycles. The van der Waals surface area contributed by atoms with E-state index in [9.17, 15) is 4.79 Å². The van der Waals surface area contributed by atoms with Gasteiger partial charge in [-0.1, -0.05) is 24.8 Å². The first kappa shape index (κ1) is 10.5. The van der Waals surface area contributed by atoms with E-state index in [2.05, 4.69) is 6.58 Å². The molecule has 0 amide bonds. The van der Waals surface area contributed by atoms with Crippen molar-refractivity contribution < 1.29 is 4.79 Å². The third kappa shape index (κ3) is 1.50. The van der Waals surface area contributed by atoms with Gasteiger partial charge in [0.2, 0.25) is 0 Å². The number of hydrogen-bond donors (Lipinski definition) is 0. The number of carbonyl (C=O) groups excluding carboxylic acids is 1. The lowest BCUT2D eigenvalue weighted by atomic mass is 10.1. The first-order chi connectivity index (χ1) is 7.65. The van der Waals surface area contributed by atoms with E-state index in [1.165, 1.54) is 6.08 Å². The summed E-state index contributed by atoms with van der Waals surface area (Å²) in [4.78, 5) is 11.7. The highest BCUT2D eigenvalue weighted by molar-refractivity contribution is 6.13. The van der Waals surface area contributed by atoms with E-state index >= 15 is 0 Å². The van der Waals surface area contributed by atoms with E-state index in [1.54, 1.807) is 0 Å². The van der Waals surface area contributed by atoms with Crippen molar-refractivity contribution >= 4 is 16.7 Å². The van der Waals surface area contributed by atoms with Gasteiger partial charge >= 0.3 is 0 Å². The van der Waals surface area contributed by atoms with Gasteiger partial charge in [-0.05, 0) is 12.1 Å². The zero-order valence-electron chi connectivity index (χ0n) is 9.47. The Morgan fingerprint density at radius 1 is 1.38 bits per heavy atom. The monoisotopic (exact) mass is 214 g/mol. The number of benzene rings is 1. The molecule has 1 aromatic heterocycles. The number of rotatable bonds is 3. The molecule has 0 aliphatic carbocycles. The zero-order valence-corrected chi connectivity index (χ0v) is 9.47. The molecule has 0 saturated carbocycles. The van der Waals surface area contributed by atoms with Gasteiger partial charge in [-0.2, -0.15) is 0 Å². The predicted octanol–water partition coefficient (Wildman–Crippen LogP) is 2.21. The molecule has 3 nitrogen and oxygen atoms in total. The molecule has 0 radical (unpaired) electrons. The Morgan fingerprint density at radius 3 is 2.69 bits per heavy atom. The van der Waals surface area contributed by atoms with Crippen molar-refractivity contribution in [2.75, 3.05) is 19.1 Å². The van der Waals surface area contributed by atoms with Gasteiger partial charge in [-0.25, -0.2) is 0 Å². The first-order valence-electron chi connectivity index (χ1n) is 5.09. The Balaban J connectivity index is 2.76. The van der Waals surface area contributed by atoms with Crippen LogP contribution in [0.25, 0.3) is 10.9 Å². The van der Waals surface area contributed by atoms with Crippen molar-refractivity contribution in [3.63, 3.8) is 0 Å². The van der Waals surface area contributed by atoms with Crippen LogP contribution in [0, 0.1) is 0 Å². The van der Waals surface area contributed by atoms with E-state index in [0.29, 0.717) is 5.56 Å². The van der Waals surface area contributed by atoms with E-state index in [0.717, 1.165) is 10.9 Å². The quantitative estimate of drug-likeness (QED) is 0.578. The van der Waals surface area contributed by atoms with Crippen molar-refractivity contribution in [2.45, 2.75) is 0 Å². The molecule has 0 fully saturated rings. The summed E-state index contributed by atoms with van der Waals surface area (Å²) in [5.74, 6) is -0.0446. The lowest BCUT2D eigenvalue weighted by Crippen LogP contribution is -2.23. The fourth-order valence-corrected chi connectivity index (χ4v) is 1.80. The average molecular weight is 214 g/mol. The molecule has 0 saturated heterocycles. The summed E-state index contributed by atoms with van der Waals surface area (Å²) in [7, 11) is 3.88. The molecule has 0 unspecified atom stereocenters. The second kappa shape index (κ2) is 3.85. The van der Waals surface area contributed by atoms with Crippen LogP contribution in [0.15, 0.2) is 43.1 Å². The van der Waals surface area contributed by atoms with Crippen molar-refractivity contribution in [2.24, 2.45) is 0 Å². The van der Waals surface area contributed by atoms with Gasteiger partial charge in [-0.3, -0.25) is 9.47 Å². The van der Waals surface area contributed by atoms with Gasteiger partial charge in [0.1, 0.15) is 0 Å².